The van der Waals surface area contributed by atoms with E-state index in [9.17, 15) is 5.11 Å². The SMILES string of the molecule is Cc1ccccc1C1(O)CC2CCC(C1)N2C. The van der Waals surface area contributed by atoms with Crippen molar-refractivity contribution in [2.75, 3.05) is 7.05 Å². The van der Waals surface area contributed by atoms with Gasteiger partial charge >= 0.3 is 0 Å². The van der Waals surface area contributed by atoms with Crippen LogP contribution in [0.5, 0.6) is 0 Å². The maximum Gasteiger partial charge on any atom is 0.0928 e. The second-order valence-corrected chi connectivity index (χ2v) is 5.81. The van der Waals surface area contributed by atoms with E-state index < -0.39 is 5.60 Å². The molecule has 2 unspecified atom stereocenters. The lowest BCUT2D eigenvalue weighted by Crippen LogP contribution is -2.47. The van der Waals surface area contributed by atoms with E-state index in [-0.39, 0.29) is 0 Å². The van der Waals surface area contributed by atoms with Gasteiger partial charge in [-0.25, -0.2) is 0 Å². The lowest BCUT2D eigenvalue weighted by molar-refractivity contribution is -0.0497. The minimum Gasteiger partial charge on any atom is -0.385 e. The predicted molar refractivity (Wildman–Crippen MR) is 68.9 cm³/mol. The monoisotopic (exact) mass is 231 g/mol. The highest BCUT2D eigenvalue weighted by Gasteiger charge is 2.47. The summed E-state index contributed by atoms with van der Waals surface area (Å²) in [6, 6.07) is 9.43. The van der Waals surface area contributed by atoms with Crippen molar-refractivity contribution < 1.29 is 5.11 Å². The Labute approximate surface area is 103 Å². The number of hydrogen-bond acceptors (Lipinski definition) is 2. The lowest BCUT2D eigenvalue weighted by Gasteiger charge is -2.43. The second kappa shape index (κ2) is 3.82. The van der Waals surface area contributed by atoms with E-state index in [1.165, 1.54) is 18.4 Å². The maximum atomic E-state index is 11.0. The highest BCUT2D eigenvalue weighted by molar-refractivity contribution is 5.32. The summed E-state index contributed by atoms with van der Waals surface area (Å²) in [5.41, 5.74) is 1.77. The Kier molecular flexibility index (Phi) is 2.53. The van der Waals surface area contributed by atoms with Crippen molar-refractivity contribution in [2.24, 2.45) is 0 Å². The highest BCUT2D eigenvalue weighted by atomic mass is 16.3. The molecule has 0 radical (unpaired) electrons. The summed E-state index contributed by atoms with van der Waals surface area (Å²) >= 11 is 0. The van der Waals surface area contributed by atoms with Crippen molar-refractivity contribution in [3.05, 3.63) is 35.4 Å². The summed E-state index contributed by atoms with van der Waals surface area (Å²) in [4.78, 5) is 2.47. The Bertz CT molecular complexity index is 415. The first kappa shape index (κ1) is 11.2. The van der Waals surface area contributed by atoms with Crippen LogP contribution in [0.2, 0.25) is 0 Å². The molecule has 3 rings (SSSR count). The fourth-order valence-corrected chi connectivity index (χ4v) is 3.76. The van der Waals surface area contributed by atoms with Gasteiger partial charge in [0.05, 0.1) is 5.60 Å². The Morgan fingerprint density at radius 1 is 1.18 bits per heavy atom. The molecule has 1 aromatic rings. The molecule has 2 aliphatic rings. The molecule has 0 spiro atoms. The summed E-state index contributed by atoms with van der Waals surface area (Å²) in [5.74, 6) is 0. The van der Waals surface area contributed by atoms with Crippen LogP contribution < -0.4 is 0 Å². The number of benzene rings is 1. The zero-order valence-electron chi connectivity index (χ0n) is 10.7. The quantitative estimate of drug-likeness (QED) is 0.802. The van der Waals surface area contributed by atoms with Crippen LogP contribution in [0.15, 0.2) is 24.3 Å². The van der Waals surface area contributed by atoms with Crippen LogP contribution in [0.4, 0.5) is 0 Å². The van der Waals surface area contributed by atoms with Gasteiger partial charge in [0.1, 0.15) is 0 Å². The number of rotatable bonds is 1. The zero-order valence-corrected chi connectivity index (χ0v) is 10.7. The molecule has 0 saturated carbocycles. The van der Waals surface area contributed by atoms with Crippen LogP contribution in [-0.4, -0.2) is 29.1 Å². The van der Waals surface area contributed by atoms with Gasteiger partial charge in [0.2, 0.25) is 0 Å². The number of fused-ring (bicyclic) bond motifs is 2. The topological polar surface area (TPSA) is 23.5 Å². The molecular formula is C15H21NO. The van der Waals surface area contributed by atoms with E-state index in [0.29, 0.717) is 12.1 Å². The first-order valence-corrected chi connectivity index (χ1v) is 6.60. The molecule has 2 heteroatoms. The highest BCUT2D eigenvalue weighted by Crippen LogP contribution is 2.45. The molecule has 2 nitrogen and oxygen atoms in total. The summed E-state index contributed by atoms with van der Waals surface area (Å²) in [6.07, 6.45) is 4.28. The standard InChI is InChI=1S/C15H21NO/c1-11-5-3-4-6-14(11)15(17)9-12-7-8-13(10-15)16(12)2/h3-6,12-13,17H,7-10H2,1-2H3. The summed E-state index contributed by atoms with van der Waals surface area (Å²) in [7, 11) is 2.21. The summed E-state index contributed by atoms with van der Waals surface area (Å²) < 4.78 is 0. The minimum absolute atomic E-state index is 0.568. The first-order chi connectivity index (χ1) is 8.10. The molecular weight excluding hydrogens is 210 g/mol. The summed E-state index contributed by atoms with van der Waals surface area (Å²) in [5, 5.41) is 11.0. The molecule has 2 bridgehead atoms. The van der Waals surface area contributed by atoms with Crippen molar-refractivity contribution >= 4 is 0 Å². The minimum atomic E-state index is -0.594. The molecule has 2 heterocycles. The third kappa shape index (κ3) is 1.71. The molecule has 92 valence electrons. The van der Waals surface area contributed by atoms with Crippen LogP contribution in [0.25, 0.3) is 0 Å². The first-order valence-electron chi connectivity index (χ1n) is 6.60. The smallest absolute Gasteiger partial charge is 0.0928 e. The fourth-order valence-electron chi connectivity index (χ4n) is 3.76. The van der Waals surface area contributed by atoms with E-state index in [4.69, 9.17) is 0 Å². The third-order valence-electron chi connectivity index (χ3n) is 4.78. The third-order valence-corrected chi connectivity index (χ3v) is 4.78. The number of aryl methyl sites for hydroxylation is 1. The molecule has 0 amide bonds. The van der Waals surface area contributed by atoms with Gasteiger partial charge in [0, 0.05) is 12.1 Å². The van der Waals surface area contributed by atoms with Crippen LogP contribution in [0.1, 0.15) is 36.8 Å². The van der Waals surface area contributed by atoms with Gasteiger partial charge in [0.15, 0.2) is 0 Å². The second-order valence-electron chi connectivity index (χ2n) is 5.81. The van der Waals surface area contributed by atoms with Gasteiger partial charge in [-0.05, 0) is 50.8 Å². The van der Waals surface area contributed by atoms with Gasteiger partial charge in [0.25, 0.3) is 0 Å². The van der Waals surface area contributed by atoms with Gasteiger partial charge in [-0.1, -0.05) is 24.3 Å². The average molecular weight is 231 g/mol. The molecule has 2 aliphatic heterocycles. The molecule has 2 atom stereocenters. The molecule has 2 fully saturated rings. The number of nitrogens with zero attached hydrogens (tertiary/aromatic N) is 1. The van der Waals surface area contributed by atoms with Crippen LogP contribution in [0, 0.1) is 6.92 Å². The normalized spacial score (nSPS) is 37.4. The molecule has 2 saturated heterocycles. The fraction of sp³-hybridized carbons (Fsp3) is 0.600. The number of piperidine rings is 1. The van der Waals surface area contributed by atoms with Crippen molar-refractivity contribution in [1.29, 1.82) is 0 Å². The molecule has 0 aromatic heterocycles. The lowest BCUT2D eigenvalue weighted by atomic mass is 9.79. The van der Waals surface area contributed by atoms with E-state index in [2.05, 4.69) is 31.0 Å². The molecule has 0 aliphatic carbocycles. The molecule has 17 heavy (non-hydrogen) atoms. The van der Waals surface area contributed by atoms with Crippen molar-refractivity contribution in [2.45, 2.75) is 50.3 Å². The molecule has 1 N–H and O–H groups in total. The van der Waals surface area contributed by atoms with E-state index in [1.807, 2.05) is 12.1 Å². The van der Waals surface area contributed by atoms with Crippen molar-refractivity contribution in [1.82, 2.24) is 4.90 Å². The number of aliphatic hydroxyl groups is 1. The Balaban J connectivity index is 1.96. The van der Waals surface area contributed by atoms with Gasteiger partial charge in [-0.3, -0.25) is 0 Å². The van der Waals surface area contributed by atoms with Crippen LogP contribution in [-0.2, 0) is 5.60 Å². The van der Waals surface area contributed by atoms with Gasteiger partial charge < -0.3 is 10.0 Å². The Hall–Kier alpha value is -0.860. The Morgan fingerprint density at radius 3 is 2.35 bits per heavy atom. The van der Waals surface area contributed by atoms with E-state index in [1.54, 1.807) is 0 Å². The number of hydrogen-bond donors (Lipinski definition) is 1. The predicted octanol–water partition coefficient (Wildman–Crippen LogP) is 2.44. The van der Waals surface area contributed by atoms with Crippen LogP contribution in [0.3, 0.4) is 0 Å². The van der Waals surface area contributed by atoms with Gasteiger partial charge in [-0.15, -0.1) is 0 Å². The largest absolute Gasteiger partial charge is 0.385 e. The van der Waals surface area contributed by atoms with Gasteiger partial charge in [-0.2, -0.15) is 0 Å². The average Bonchev–Trinajstić information content (AvgIpc) is 2.53. The summed E-state index contributed by atoms with van der Waals surface area (Å²) in [6.45, 7) is 2.10. The van der Waals surface area contributed by atoms with Crippen LogP contribution >= 0.6 is 0 Å². The van der Waals surface area contributed by atoms with Crippen molar-refractivity contribution in [3.8, 4) is 0 Å². The Morgan fingerprint density at radius 2 is 1.76 bits per heavy atom. The molecule has 1 aromatic carbocycles. The maximum absolute atomic E-state index is 11.0. The van der Waals surface area contributed by atoms with E-state index >= 15 is 0 Å². The van der Waals surface area contributed by atoms with Crippen molar-refractivity contribution in [3.63, 3.8) is 0 Å². The zero-order chi connectivity index (χ0) is 12.0. The van der Waals surface area contributed by atoms with E-state index in [0.717, 1.165) is 18.4 Å².